The molecule has 1 fully saturated rings. The number of pyridine rings is 1. The summed E-state index contributed by atoms with van der Waals surface area (Å²) in [5.74, 6) is -0.275. The minimum atomic E-state index is -0.581. The van der Waals surface area contributed by atoms with Crippen molar-refractivity contribution in [2.75, 3.05) is 32.1 Å². The average molecular weight is 455 g/mol. The molecule has 2 aliphatic heterocycles. The van der Waals surface area contributed by atoms with Crippen LogP contribution in [-0.2, 0) is 16.1 Å². The van der Waals surface area contributed by atoms with E-state index in [9.17, 15) is 14.4 Å². The van der Waals surface area contributed by atoms with E-state index in [2.05, 4.69) is 15.2 Å². The summed E-state index contributed by atoms with van der Waals surface area (Å²) in [5, 5.41) is 3.88. The molecule has 2 atom stereocenters. The van der Waals surface area contributed by atoms with Gasteiger partial charge in [0.05, 0.1) is 24.4 Å². The zero-order chi connectivity index (χ0) is 22.4. The van der Waals surface area contributed by atoms with E-state index in [1.165, 1.54) is 7.11 Å². The van der Waals surface area contributed by atoms with E-state index < -0.39 is 5.97 Å². The first-order valence-electron chi connectivity index (χ1n) is 10.5. The Hall–Kier alpha value is -3.10. The second-order valence-corrected chi connectivity index (χ2v) is 8.88. The topological polar surface area (TPSA) is 96.4 Å². The lowest BCUT2D eigenvalue weighted by Crippen LogP contribution is -2.49. The number of piperidine rings is 1. The predicted molar refractivity (Wildman–Crippen MR) is 121 cm³/mol. The van der Waals surface area contributed by atoms with Crippen molar-refractivity contribution < 1.29 is 14.3 Å². The first kappa shape index (κ1) is 20.8. The average Bonchev–Trinajstić information content (AvgIpc) is 3.13. The summed E-state index contributed by atoms with van der Waals surface area (Å²) in [6.45, 7) is 2.30. The Morgan fingerprint density at radius 2 is 2.00 bits per heavy atom. The zero-order valence-electron chi connectivity index (χ0n) is 17.6. The van der Waals surface area contributed by atoms with E-state index in [0.717, 1.165) is 18.7 Å². The molecule has 5 rings (SSSR count). The number of aromatic amines is 1. The van der Waals surface area contributed by atoms with E-state index >= 15 is 0 Å². The number of methoxy groups -OCH3 is 1. The number of carbonyl (C=O) groups is 2. The molecule has 0 aliphatic carbocycles. The molecule has 9 heteroatoms. The van der Waals surface area contributed by atoms with Gasteiger partial charge >= 0.3 is 5.97 Å². The maximum absolute atomic E-state index is 13.0. The van der Waals surface area contributed by atoms with Gasteiger partial charge in [0.15, 0.2) is 0 Å². The van der Waals surface area contributed by atoms with Crippen LogP contribution in [0.15, 0.2) is 41.2 Å². The van der Waals surface area contributed by atoms with Crippen LogP contribution in [-0.4, -0.2) is 53.1 Å². The van der Waals surface area contributed by atoms with Crippen LogP contribution in [0.25, 0.3) is 10.9 Å². The molecule has 2 N–H and O–H groups in total. The second-order valence-electron chi connectivity index (χ2n) is 8.47. The number of aromatic nitrogens is 2. The third-order valence-corrected chi connectivity index (χ3v) is 6.66. The molecule has 4 heterocycles. The van der Waals surface area contributed by atoms with E-state index in [1.807, 2.05) is 10.6 Å². The Bertz CT molecular complexity index is 1280. The molecule has 166 valence electrons. The lowest BCUT2D eigenvalue weighted by atomic mass is 9.83. The molecule has 0 unspecified atom stereocenters. The van der Waals surface area contributed by atoms with Crippen molar-refractivity contribution in [3.05, 3.63) is 63.2 Å². The van der Waals surface area contributed by atoms with E-state index in [4.69, 9.17) is 16.3 Å². The summed E-state index contributed by atoms with van der Waals surface area (Å²) < 4.78 is 6.74. The summed E-state index contributed by atoms with van der Waals surface area (Å²) in [6, 6.07) is 10.7. The largest absolute Gasteiger partial charge is 0.464 e. The summed E-state index contributed by atoms with van der Waals surface area (Å²) in [7, 11) is 1.29. The van der Waals surface area contributed by atoms with Gasteiger partial charge in [-0.25, -0.2) is 4.79 Å². The third-order valence-electron chi connectivity index (χ3n) is 6.35. The number of carbonyl (C=O) groups excluding carboxylic acids is 2. The number of ether oxygens (including phenoxy) is 1. The van der Waals surface area contributed by atoms with Gasteiger partial charge in [0.2, 0.25) is 5.91 Å². The van der Waals surface area contributed by atoms with Crippen molar-refractivity contribution in [1.29, 1.82) is 0 Å². The summed E-state index contributed by atoms with van der Waals surface area (Å²) in [4.78, 5) is 42.6. The van der Waals surface area contributed by atoms with Crippen molar-refractivity contribution in [1.82, 2.24) is 14.5 Å². The maximum Gasteiger partial charge on any atom is 0.356 e. The number of hydrogen-bond acceptors (Lipinski definition) is 5. The Balaban J connectivity index is 1.37. The molecule has 0 radical (unpaired) electrons. The fourth-order valence-corrected chi connectivity index (χ4v) is 5.36. The number of H-pyrrole nitrogens is 1. The predicted octanol–water partition coefficient (Wildman–Crippen LogP) is 2.83. The van der Waals surface area contributed by atoms with Gasteiger partial charge in [-0.2, -0.15) is 0 Å². The van der Waals surface area contributed by atoms with Crippen molar-refractivity contribution in [2.24, 2.45) is 5.92 Å². The molecule has 1 saturated heterocycles. The highest BCUT2D eigenvalue weighted by Gasteiger charge is 2.35. The quantitative estimate of drug-likeness (QED) is 0.591. The lowest BCUT2D eigenvalue weighted by molar-refractivity contribution is -0.117. The number of benzene rings is 1. The number of hydrogen-bond donors (Lipinski definition) is 2. The van der Waals surface area contributed by atoms with Crippen LogP contribution >= 0.6 is 11.6 Å². The number of likely N-dealkylation sites (tertiary alicyclic amines) is 1. The highest BCUT2D eigenvalue weighted by atomic mass is 35.5. The fourth-order valence-electron chi connectivity index (χ4n) is 5.09. The number of halogens is 1. The molecule has 2 aromatic heterocycles. The summed E-state index contributed by atoms with van der Waals surface area (Å²) >= 11 is 6.36. The number of nitrogens with one attached hydrogen (secondary N) is 2. The highest BCUT2D eigenvalue weighted by molar-refractivity contribution is 6.37. The Labute approximate surface area is 189 Å². The number of anilines is 1. The van der Waals surface area contributed by atoms with Crippen LogP contribution in [0.4, 0.5) is 5.69 Å². The molecule has 0 saturated carbocycles. The van der Waals surface area contributed by atoms with Crippen molar-refractivity contribution in [3.63, 3.8) is 0 Å². The minimum absolute atomic E-state index is 0.0370. The number of fused-ring (bicyclic) bond motifs is 5. The SMILES string of the molecule is COC(=O)c1[nH]c2cccc(Cl)c2c1NC(=O)CN1C[C@H]2C[C@@H](C1)c1cccc(=O)n1C2. The monoisotopic (exact) mass is 454 g/mol. The van der Waals surface area contributed by atoms with Crippen LogP contribution in [0, 0.1) is 5.92 Å². The first-order valence-corrected chi connectivity index (χ1v) is 10.9. The minimum Gasteiger partial charge on any atom is -0.464 e. The second kappa shape index (κ2) is 8.11. The molecular weight excluding hydrogens is 432 g/mol. The molecule has 0 spiro atoms. The highest BCUT2D eigenvalue weighted by Crippen LogP contribution is 2.36. The first-order chi connectivity index (χ1) is 15.4. The van der Waals surface area contributed by atoms with Crippen LogP contribution in [0.1, 0.15) is 28.5 Å². The Morgan fingerprint density at radius 3 is 2.81 bits per heavy atom. The fraction of sp³-hybridized carbons (Fsp3) is 0.348. The van der Waals surface area contributed by atoms with E-state index in [-0.39, 0.29) is 29.6 Å². The maximum atomic E-state index is 13.0. The van der Waals surface area contributed by atoms with Crippen molar-refractivity contribution in [3.8, 4) is 0 Å². The molecule has 1 aromatic carbocycles. The van der Waals surface area contributed by atoms with Crippen molar-refractivity contribution >= 4 is 40.1 Å². The van der Waals surface area contributed by atoms with Gasteiger partial charge in [0, 0.05) is 48.2 Å². The molecule has 2 aliphatic rings. The third kappa shape index (κ3) is 3.59. The zero-order valence-corrected chi connectivity index (χ0v) is 18.3. The lowest BCUT2D eigenvalue weighted by Gasteiger charge is -2.42. The van der Waals surface area contributed by atoms with Gasteiger partial charge in [0.1, 0.15) is 5.69 Å². The van der Waals surface area contributed by atoms with Gasteiger partial charge in [-0.1, -0.05) is 23.7 Å². The molecular formula is C23H23ClN4O4. The molecule has 8 nitrogen and oxygen atoms in total. The molecule has 2 bridgehead atoms. The van der Waals surface area contributed by atoms with E-state index in [1.54, 1.807) is 30.3 Å². The molecule has 1 amide bonds. The normalized spacial score (nSPS) is 20.1. The molecule has 32 heavy (non-hydrogen) atoms. The standard InChI is InChI=1S/C23H23ClN4O4/c1-32-23(31)22-21(20-15(24)4-2-5-16(20)25-22)26-18(29)12-27-9-13-8-14(11-27)17-6-3-7-19(30)28(17)10-13/h2-7,13-14,25H,8-12H2,1H3,(H,26,29)/t13-,14+/m1/s1. The smallest absolute Gasteiger partial charge is 0.356 e. The van der Waals surface area contributed by atoms with Crippen LogP contribution < -0.4 is 10.9 Å². The van der Waals surface area contributed by atoms with Crippen molar-refractivity contribution in [2.45, 2.75) is 18.9 Å². The number of nitrogens with zero attached hydrogens (tertiary/aromatic N) is 2. The molecule has 3 aromatic rings. The van der Waals surface area contributed by atoms with Gasteiger partial charge in [-0.3, -0.25) is 14.5 Å². The Morgan fingerprint density at radius 1 is 1.19 bits per heavy atom. The number of amides is 1. The summed E-state index contributed by atoms with van der Waals surface area (Å²) in [6.07, 6.45) is 1.02. The van der Waals surface area contributed by atoms with Crippen LogP contribution in [0.5, 0.6) is 0 Å². The van der Waals surface area contributed by atoms with E-state index in [0.29, 0.717) is 40.6 Å². The van der Waals surface area contributed by atoms with Crippen LogP contribution in [0.2, 0.25) is 5.02 Å². The number of rotatable bonds is 4. The van der Waals surface area contributed by atoms with Gasteiger partial charge < -0.3 is 19.6 Å². The summed E-state index contributed by atoms with van der Waals surface area (Å²) in [5.41, 5.74) is 2.21. The van der Waals surface area contributed by atoms with Gasteiger partial charge in [-0.05, 0) is 30.5 Å². The Kier molecular flexibility index (Phi) is 5.27. The van der Waals surface area contributed by atoms with Gasteiger partial charge in [-0.15, -0.1) is 0 Å². The number of esters is 1. The van der Waals surface area contributed by atoms with Crippen LogP contribution in [0.3, 0.4) is 0 Å². The van der Waals surface area contributed by atoms with Gasteiger partial charge in [0.25, 0.3) is 5.56 Å².